The fraction of sp³-hybridized carbons (Fsp3) is 0.208. The zero-order valence-corrected chi connectivity index (χ0v) is 19.1. The highest BCUT2D eigenvalue weighted by Crippen LogP contribution is 2.35. The molecule has 2 amide bonds. The Balaban J connectivity index is 1.80. The molecule has 11 heteroatoms. The molecule has 35 heavy (non-hydrogen) atoms. The molecule has 1 aromatic carbocycles. The minimum atomic E-state index is -1.23. The second-order valence-electron chi connectivity index (χ2n) is 7.89. The van der Waals surface area contributed by atoms with E-state index in [0.29, 0.717) is 29.7 Å². The van der Waals surface area contributed by atoms with Crippen molar-refractivity contribution >= 4 is 35.0 Å². The van der Waals surface area contributed by atoms with Crippen LogP contribution in [0.15, 0.2) is 54.9 Å². The third kappa shape index (κ3) is 5.22. The van der Waals surface area contributed by atoms with E-state index in [1.54, 1.807) is 30.3 Å². The molecule has 4 rings (SSSR count). The minimum absolute atomic E-state index is 0.0660. The van der Waals surface area contributed by atoms with Gasteiger partial charge in [-0.2, -0.15) is 5.26 Å². The summed E-state index contributed by atoms with van der Waals surface area (Å²) < 4.78 is 0. The van der Waals surface area contributed by atoms with E-state index in [1.807, 2.05) is 0 Å². The van der Waals surface area contributed by atoms with Crippen LogP contribution in [0.1, 0.15) is 22.5 Å². The molecule has 0 saturated carbocycles. The monoisotopic (exact) mass is 492 g/mol. The number of aliphatic hydroxyl groups excluding tert-OH is 1. The molecule has 4 N–H and O–H groups in total. The predicted octanol–water partition coefficient (Wildman–Crippen LogP) is 3.13. The van der Waals surface area contributed by atoms with E-state index in [4.69, 9.17) is 11.6 Å². The Morgan fingerprint density at radius 3 is 2.80 bits per heavy atom. The molecular formula is C24H21ClN6O4. The number of aromatic nitrogens is 2. The van der Waals surface area contributed by atoms with Gasteiger partial charge in [0.2, 0.25) is 0 Å². The molecule has 1 saturated heterocycles. The van der Waals surface area contributed by atoms with Crippen LogP contribution in [0.5, 0.6) is 0 Å². The molecule has 0 spiro atoms. The summed E-state index contributed by atoms with van der Waals surface area (Å²) in [6.45, 7) is 0.191. The maximum Gasteiger partial charge on any atom is 0.412 e. The van der Waals surface area contributed by atoms with Crippen molar-refractivity contribution in [2.24, 2.45) is 0 Å². The number of nitrogens with zero attached hydrogens (tertiary/aromatic N) is 4. The molecule has 0 radical (unpaired) electrons. The van der Waals surface area contributed by atoms with Crippen molar-refractivity contribution in [3.8, 4) is 17.2 Å². The molecule has 0 aliphatic carbocycles. The van der Waals surface area contributed by atoms with Crippen molar-refractivity contribution < 1.29 is 19.8 Å². The topological polar surface area (TPSA) is 151 Å². The first kappa shape index (κ1) is 24.1. The number of benzene rings is 1. The van der Waals surface area contributed by atoms with Gasteiger partial charge in [0, 0.05) is 30.5 Å². The van der Waals surface area contributed by atoms with Gasteiger partial charge < -0.3 is 20.8 Å². The Labute approximate surface area is 205 Å². The van der Waals surface area contributed by atoms with Crippen LogP contribution in [0.4, 0.5) is 16.2 Å². The molecule has 1 fully saturated rings. The Bertz CT molecular complexity index is 1310. The third-order valence-electron chi connectivity index (χ3n) is 5.70. The van der Waals surface area contributed by atoms with Gasteiger partial charge in [0.15, 0.2) is 0 Å². The fourth-order valence-corrected chi connectivity index (χ4v) is 4.20. The molecule has 1 aliphatic heterocycles. The molecule has 2 atom stereocenters. The molecule has 3 heterocycles. The molecule has 178 valence electrons. The number of nitriles is 1. The van der Waals surface area contributed by atoms with E-state index in [9.17, 15) is 25.1 Å². The first-order valence-corrected chi connectivity index (χ1v) is 11.1. The van der Waals surface area contributed by atoms with E-state index in [2.05, 4.69) is 26.7 Å². The summed E-state index contributed by atoms with van der Waals surface area (Å²) in [6.07, 6.45) is 2.18. The SMILES string of the molecule is N#Cc1ccncc1-c1ccc(NC(=O)c2cccc(Cl)n2)c(N(C(=O)O)[C@@H]2CN[C@H](CO)C2)c1. The summed E-state index contributed by atoms with van der Waals surface area (Å²) in [6, 6.07) is 12.4. The fourth-order valence-electron chi connectivity index (χ4n) is 4.04. The first-order valence-electron chi connectivity index (χ1n) is 10.7. The number of aliphatic hydroxyl groups is 1. The molecule has 10 nitrogen and oxygen atoms in total. The first-order chi connectivity index (χ1) is 16.9. The number of carbonyl (C=O) groups excluding carboxylic acids is 1. The number of nitrogens with one attached hydrogen (secondary N) is 2. The number of halogens is 1. The molecule has 0 bridgehead atoms. The van der Waals surface area contributed by atoms with Crippen LogP contribution in [0, 0.1) is 11.3 Å². The smallest absolute Gasteiger partial charge is 0.412 e. The van der Waals surface area contributed by atoms with E-state index < -0.39 is 18.0 Å². The van der Waals surface area contributed by atoms with Gasteiger partial charge in [0.1, 0.15) is 10.8 Å². The average molecular weight is 493 g/mol. The lowest BCUT2D eigenvalue weighted by molar-refractivity contribution is 0.102. The summed E-state index contributed by atoms with van der Waals surface area (Å²) in [5.41, 5.74) is 1.96. The van der Waals surface area contributed by atoms with E-state index in [1.165, 1.54) is 24.5 Å². The van der Waals surface area contributed by atoms with Crippen LogP contribution >= 0.6 is 11.6 Å². The number of hydrogen-bond acceptors (Lipinski definition) is 7. The van der Waals surface area contributed by atoms with Crippen molar-refractivity contribution in [1.82, 2.24) is 15.3 Å². The van der Waals surface area contributed by atoms with Gasteiger partial charge >= 0.3 is 6.09 Å². The lowest BCUT2D eigenvalue weighted by atomic mass is 10.0. The largest absolute Gasteiger partial charge is 0.465 e. The summed E-state index contributed by atoms with van der Waals surface area (Å²) in [4.78, 5) is 34.6. The Morgan fingerprint density at radius 2 is 2.11 bits per heavy atom. The van der Waals surface area contributed by atoms with Gasteiger partial charge in [-0.1, -0.05) is 23.7 Å². The van der Waals surface area contributed by atoms with Crippen LogP contribution in [-0.2, 0) is 0 Å². The highest BCUT2D eigenvalue weighted by Gasteiger charge is 2.34. The third-order valence-corrected chi connectivity index (χ3v) is 5.91. The van der Waals surface area contributed by atoms with Gasteiger partial charge in [-0.3, -0.25) is 14.7 Å². The maximum absolute atomic E-state index is 12.9. The van der Waals surface area contributed by atoms with Gasteiger partial charge in [0.25, 0.3) is 5.91 Å². The van der Waals surface area contributed by atoms with E-state index >= 15 is 0 Å². The van der Waals surface area contributed by atoms with Crippen molar-refractivity contribution in [3.63, 3.8) is 0 Å². The number of rotatable bonds is 6. The van der Waals surface area contributed by atoms with Gasteiger partial charge in [-0.25, -0.2) is 9.78 Å². The summed E-state index contributed by atoms with van der Waals surface area (Å²) >= 11 is 5.91. The number of hydrogen-bond donors (Lipinski definition) is 4. The molecule has 2 aromatic heterocycles. The number of amides is 2. The van der Waals surface area contributed by atoms with Crippen LogP contribution in [0.3, 0.4) is 0 Å². The Kier molecular flexibility index (Phi) is 7.22. The predicted molar refractivity (Wildman–Crippen MR) is 129 cm³/mol. The van der Waals surface area contributed by atoms with E-state index in [-0.39, 0.29) is 34.9 Å². The summed E-state index contributed by atoms with van der Waals surface area (Å²) in [5, 5.41) is 35.1. The standard InChI is InChI=1S/C24H21ClN6O4/c25-22-3-1-2-20(29-22)23(33)30-19-5-4-14(18-12-27-7-6-15(18)10-26)8-21(19)31(24(34)35)17-9-16(13-32)28-11-17/h1-8,12,16-17,28,32H,9,11,13H2,(H,30,33)(H,34,35)/t16-,17-/m0/s1. The zero-order chi connectivity index (χ0) is 24.9. The van der Waals surface area contributed by atoms with Crippen LogP contribution in [0.2, 0.25) is 5.15 Å². The Morgan fingerprint density at radius 1 is 1.29 bits per heavy atom. The normalized spacial score (nSPS) is 16.9. The second kappa shape index (κ2) is 10.5. The highest BCUT2D eigenvalue weighted by molar-refractivity contribution is 6.29. The minimum Gasteiger partial charge on any atom is -0.465 e. The Hall–Kier alpha value is -4.04. The molecule has 3 aromatic rings. The number of carbonyl (C=O) groups is 2. The zero-order valence-electron chi connectivity index (χ0n) is 18.3. The van der Waals surface area contributed by atoms with Crippen molar-refractivity contribution in [3.05, 3.63) is 71.3 Å². The average Bonchev–Trinajstić information content (AvgIpc) is 3.33. The maximum atomic E-state index is 12.9. The van der Waals surface area contributed by atoms with Gasteiger partial charge in [-0.15, -0.1) is 0 Å². The molecule has 0 unspecified atom stereocenters. The summed E-state index contributed by atoms with van der Waals surface area (Å²) in [5.74, 6) is -0.566. The highest BCUT2D eigenvalue weighted by atomic mass is 35.5. The van der Waals surface area contributed by atoms with E-state index in [0.717, 1.165) is 4.90 Å². The van der Waals surface area contributed by atoms with Gasteiger partial charge in [0.05, 0.1) is 35.7 Å². The molecule has 1 aliphatic rings. The number of carboxylic acid groups (broad SMARTS) is 1. The number of pyridine rings is 2. The van der Waals surface area contributed by atoms with Crippen LogP contribution in [-0.4, -0.2) is 57.4 Å². The second-order valence-corrected chi connectivity index (χ2v) is 8.28. The van der Waals surface area contributed by atoms with Gasteiger partial charge in [-0.05, 0) is 42.3 Å². The van der Waals surface area contributed by atoms with Crippen molar-refractivity contribution in [2.45, 2.75) is 18.5 Å². The van der Waals surface area contributed by atoms with Crippen molar-refractivity contribution in [2.75, 3.05) is 23.4 Å². The number of anilines is 2. The molecular weight excluding hydrogens is 472 g/mol. The quantitative estimate of drug-likeness (QED) is 0.383. The van der Waals surface area contributed by atoms with Crippen LogP contribution in [0.25, 0.3) is 11.1 Å². The van der Waals surface area contributed by atoms with Crippen LogP contribution < -0.4 is 15.5 Å². The summed E-state index contributed by atoms with van der Waals surface area (Å²) in [7, 11) is 0. The lowest BCUT2D eigenvalue weighted by Crippen LogP contribution is -2.41. The van der Waals surface area contributed by atoms with Crippen molar-refractivity contribution in [1.29, 1.82) is 5.26 Å². The lowest BCUT2D eigenvalue weighted by Gasteiger charge is -2.28.